The van der Waals surface area contributed by atoms with Crippen molar-refractivity contribution in [2.45, 2.75) is 93.3 Å². The quantitative estimate of drug-likeness (QED) is 0.543. The van der Waals surface area contributed by atoms with Crippen LogP contribution in [0.5, 0.6) is 0 Å². The van der Waals surface area contributed by atoms with E-state index in [9.17, 15) is 0 Å². The molecule has 4 heteroatoms. The van der Waals surface area contributed by atoms with Gasteiger partial charge in [-0.05, 0) is 31.1 Å². The molecule has 1 saturated carbocycles. The summed E-state index contributed by atoms with van der Waals surface area (Å²) in [4.78, 5) is 0. The van der Waals surface area contributed by atoms with Crippen molar-refractivity contribution in [2.75, 3.05) is 20.0 Å². The molecule has 0 aromatic heterocycles. The first-order valence-corrected chi connectivity index (χ1v) is 9.43. The van der Waals surface area contributed by atoms with Crippen LogP contribution in [-0.2, 0) is 9.47 Å². The highest BCUT2D eigenvalue weighted by Crippen LogP contribution is 2.27. The lowest BCUT2D eigenvalue weighted by atomic mass is 9.84. The van der Waals surface area contributed by atoms with Gasteiger partial charge in [-0.2, -0.15) is 0 Å². The predicted octanol–water partition coefficient (Wildman–Crippen LogP) is 4.62. The first kappa shape index (κ1) is 26.1. The highest BCUT2D eigenvalue weighted by atomic mass is 16.7. The fourth-order valence-corrected chi connectivity index (χ4v) is 1.92. The van der Waals surface area contributed by atoms with Gasteiger partial charge in [0, 0.05) is 0 Å². The summed E-state index contributed by atoms with van der Waals surface area (Å²) >= 11 is 0. The Morgan fingerprint density at radius 2 is 1.04 bits per heavy atom. The fraction of sp³-hybridized carbons (Fsp3) is 1.00. The predicted molar refractivity (Wildman–Crippen MR) is 102 cm³/mol. The monoisotopic (exact) mass is 348 g/mol. The summed E-state index contributed by atoms with van der Waals surface area (Å²) in [5, 5.41) is 17.5. The minimum atomic E-state index is -0.467. The minimum Gasteiger partial charge on any atom is -0.391 e. The molecule has 2 N–H and O–H groups in total. The van der Waals surface area contributed by atoms with Crippen LogP contribution in [0.4, 0.5) is 0 Å². The van der Waals surface area contributed by atoms with Crippen molar-refractivity contribution in [1.29, 1.82) is 0 Å². The molecule has 1 fully saturated rings. The first-order valence-electron chi connectivity index (χ1n) is 9.43. The topological polar surface area (TPSA) is 58.9 Å². The minimum absolute atomic E-state index is 0.121. The molecule has 1 aliphatic rings. The van der Waals surface area contributed by atoms with Crippen LogP contribution in [0.15, 0.2) is 0 Å². The fourth-order valence-electron chi connectivity index (χ4n) is 1.92. The Labute approximate surface area is 150 Å². The van der Waals surface area contributed by atoms with Crippen molar-refractivity contribution in [3.8, 4) is 0 Å². The summed E-state index contributed by atoms with van der Waals surface area (Å²) in [6, 6.07) is 0. The Balaban J connectivity index is 0. The molecule has 0 aliphatic heterocycles. The molecule has 1 rings (SSSR count). The summed E-state index contributed by atoms with van der Waals surface area (Å²) in [6.07, 6.45) is 4.96. The van der Waals surface area contributed by atoms with Gasteiger partial charge in [-0.1, -0.05) is 67.2 Å². The Bertz CT molecular complexity index is 225. The Kier molecular flexibility index (Phi) is 16.4. The largest absolute Gasteiger partial charge is 0.391 e. The number of ether oxygens (including phenoxy) is 2. The molecule has 0 aromatic carbocycles. The van der Waals surface area contributed by atoms with E-state index in [-0.39, 0.29) is 20.0 Å². The van der Waals surface area contributed by atoms with E-state index in [2.05, 4.69) is 41.5 Å². The molecule has 2 atom stereocenters. The highest BCUT2D eigenvalue weighted by Gasteiger charge is 2.13. The summed E-state index contributed by atoms with van der Waals surface area (Å²) in [5.74, 6) is 2.04. The van der Waals surface area contributed by atoms with Crippen LogP contribution in [0.1, 0.15) is 81.1 Å². The third-order valence-electron chi connectivity index (χ3n) is 3.19. The summed E-state index contributed by atoms with van der Waals surface area (Å²) < 4.78 is 9.72. The lowest BCUT2D eigenvalue weighted by Gasteiger charge is -2.22. The zero-order chi connectivity index (χ0) is 19.2. The molecule has 0 amide bonds. The molecule has 1 aliphatic carbocycles. The van der Waals surface area contributed by atoms with Crippen molar-refractivity contribution in [1.82, 2.24) is 0 Å². The molecular formula is C20H44O4. The number of hydrogen-bond acceptors (Lipinski definition) is 4. The molecule has 4 nitrogen and oxygen atoms in total. The number of aliphatic hydroxyl groups excluding tert-OH is 2. The van der Waals surface area contributed by atoms with Crippen LogP contribution in [0, 0.1) is 17.3 Å². The summed E-state index contributed by atoms with van der Waals surface area (Å²) in [6.45, 7) is 17.4. The van der Waals surface area contributed by atoms with Crippen molar-refractivity contribution in [3.63, 3.8) is 0 Å². The first-order chi connectivity index (χ1) is 10.9. The number of rotatable bonds is 6. The molecule has 24 heavy (non-hydrogen) atoms. The van der Waals surface area contributed by atoms with Gasteiger partial charge in [-0.15, -0.1) is 0 Å². The van der Waals surface area contributed by atoms with Crippen LogP contribution >= 0.6 is 0 Å². The van der Waals surface area contributed by atoms with Gasteiger partial charge >= 0.3 is 0 Å². The Hall–Kier alpha value is -0.160. The third kappa shape index (κ3) is 29.8. The van der Waals surface area contributed by atoms with Gasteiger partial charge < -0.3 is 19.7 Å². The molecule has 0 saturated heterocycles. The van der Waals surface area contributed by atoms with Crippen LogP contribution in [0.25, 0.3) is 0 Å². The second-order valence-electron chi connectivity index (χ2n) is 8.92. The van der Waals surface area contributed by atoms with Crippen LogP contribution in [0.3, 0.4) is 0 Å². The SMILES string of the molecule is CC(C)(C)C.CC(O)COCOCC(C)O.CC1CCC(C)CC1. The lowest BCUT2D eigenvalue weighted by Crippen LogP contribution is -2.16. The standard InChI is InChI=1S/C8H16.C7H16O4.C5H12/c1-7-3-5-8(2)6-4-7;1-6(8)3-10-5-11-4-7(2)9;1-5(2,3)4/h7-8H,3-6H2,1-2H3;6-9H,3-5H2,1-2H3;1-4H3. The lowest BCUT2D eigenvalue weighted by molar-refractivity contribution is -0.0923. The van der Waals surface area contributed by atoms with Gasteiger partial charge in [0.2, 0.25) is 0 Å². The maximum Gasteiger partial charge on any atom is 0.146 e. The van der Waals surface area contributed by atoms with Gasteiger partial charge in [0.15, 0.2) is 0 Å². The second-order valence-corrected chi connectivity index (χ2v) is 8.92. The highest BCUT2D eigenvalue weighted by molar-refractivity contribution is 4.65. The maximum absolute atomic E-state index is 8.73. The number of hydrogen-bond donors (Lipinski definition) is 2. The zero-order valence-corrected chi connectivity index (χ0v) is 17.5. The molecule has 2 unspecified atom stereocenters. The summed E-state index contributed by atoms with van der Waals surface area (Å²) in [5.41, 5.74) is 0.500. The molecule has 0 spiro atoms. The van der Waals surface area contributed by atoms with Gasteiger partial charge in [0.1, 0.15) is 6.79 Å². The molecule has 148 valence electrons. The van der Waals surface area contributed by atoms with E-state index in [0.29, 0.717) is 5.41 Å². The molecule has 0 heterocycles. The van der Waals surface area contributed by atoms with E-state index in [1.54, 1.807) is 13.8 Å². The van der Waals surface area contributed by atoms with E-state index in [1.165, 1.54) is 25.7 Å². The van der Waals surface area contributed by atoms with Gasteiger partial charge in [-0.3, -0.25) is 0 Å². The van der Waals surface area contributed by atoms with Gasteiger partial charge in [0.25, 0.3) is 0 Å². The Morgan fingerprint density at radius 3 is 1.25 bits per heavy atom. The maximum atomic E-state index is 8.73. The van der Waals surface area contributed by atoms with E-state index < -0.39 is 12.2 Å². The average molecular weight is 349 g/mol. The normalized spacial score (nSPS) is 23.2. The zero-order valence-electron chi connectivity index (χ0n) is 17.5. The molecule has 0 radical (unpaired) electrons. The summed E-state index contributed by atoms with van der Waals surface area (Å²) in [7, 11) is 0. The van der Waals surface area contributed by atoms with Gasteiger partial charge in [-0.25, -0.2) is 0 Å². The van der Waals surface area contributed by atoms with Crippen molar-refractivity contribution in [2.24, 2.45) is 17.3 Å². The van der Waals surface area contributed by atoms with E-state index in [1.807, 2.05) is 0 Å². The van der Waals surface area contributed by atoms with Crippen LogP contribution in [0.2, 0.25) is 0 Å². The van der Waals surface area contributed by atoms with Crippen molar-refractivity contribution in [3.05, 3.63) is 0 Å². The van der Waals surface area contributed by atoms with Crippen molar-refractivity contribution < 1.29 is 19.7 Å². The van der Waals surface area contributed by atoms with Crippen LogP contribution in [-0.4, -0.2) is 42.4 Å². The van der Waals surface area contributed by atoms with Crippen LogP contribution < -0.4 is 0 Å². The smallest absolute Gasteiger partial charge is 0.146 e. The third-order valence-corrected chi connectivity index (χ3v) is 3.19. The second kappa shape index (κ2) is 15.1. The van der Waals surface area contributed by atoms with Crippen molar-refractivity contribution >= 4 is 0 Å². The average Bonchev–Trinajstić information content (AvgIpc) is 2.40. The molecule has 0 bridgehead atoms. The van der Waals surface area contributed by atoms with E-state index in [4.69, 9.17) is 19.7 Å². The van der Waals surface area contributed by atoms with E-state index >= 15 is 0 Å². The Morgan fingerprint density at radius 1 is 0.792 bits per heavy atom. The molecular weight excluding hydrogens is 304 g/mol. The van der Waals surface area contributed by atoms with E-state index in [0.717, 1.165) is 11.8 Å². The van der Waals surface area contributed by atoms with Gasteiger partial charge in [0.05, 0.1) is 25.4 Å². The molecule has 0 aromatic rings. The number of aliphatic hydroxyl groups is 2.